The quantitative estimate of drug-likeness (QED) is 0.773. The van der Waals surface area contributed by atoms with Crippen molar-refractivity contribution in [2.75, 3.05) is 5.75 Å². The number of rotatable bonds is 4. The third kappa shape index (κ3) is 1.96. The van der Waals surface area contributed by atoms with Crippen LogP contribution in [0.2, 0.25) is 0 Å². The molecule has 0 spiro atoms. The van der Waals surface area contributed by atoms with Gasteiger partial charge in [0.15, 0.2) is 5.16 Å². The van der Waals surface area contributed by atoms with Gasteiger partial charge in [0.2, 0.25) is 0 Å². The van der Waals surface area contributed by atoms with Crippen LogP contribution in [0.4, 0.5) is 0 Å². The molecule has 4 heteroatoms. The summed E-state index contributed by atoms with van der Waals surface area (Å²) in [5, 5.41) is 10.0. The van der Waals surface area contributed by atoms with Gasteiger partial charge in [0, 0.05) is 12.8 Å². The van der Waals surface area contributed by atoms with Crippen molar-refractivity contribution in [2.45, 2.75) is 31.0 Å². The van der Waals surface area contributed by atoms with E-state index < -0.39 is 0 Å². The van der Waals surface area contributed by atoms with Gasteiger partial charge in [-0.25, -0.2) is 4.98 Å². The number of nitrogens with zero attached hydrogens (tertiary/aromatic N) is 2. The van der Waals surface area contributed by atoms with E-state index in [0.717, 1.165) is 16.8 Å². The molecule has 1 aliphatic rings. The minimum Gasteiger partial charge on any atom is -0.390 e. The molecule has 0 bridgehead atoms. The summed E-state index contributed by atoms with van der Waals surface area (Å²) in [6.07, 6.45) is 5.91. The molecule has 1 heterocycles. The largest absolute Gasteiger partial charge is 0.390 e. The lowest BCUT2D eigenvalue weighted by atomic mass is 9.87. The lowest BCUT2D eigenvalue weighted by molar-refractivity contribution is 0.271. The van der Waals surface area contributed by atoms with E-state index >= 15 is 0 Å². The Morgan fingerprint density at radius 1 is 1.64 bits per heavy atom. The molecule has 0 atom stereocenters. The van der Waals surface area contributed by atoms with Crippen LogP contribution >= 0.6 is 11.8 Å². The second-order valence-electron chi connectivity index (χ2n) is 3.86. The van der Waals surface area contributed by atoms with E-state index in [0.29, 0.717) is 0 Å². The van der Waals surface area contributed by atoms with Crippen LogP contribution in [0.5, 0.6) is 0 Å². The number of hydrogen-bond acceptors (Lipinski definition) is 3. The number of thioether (sulfide) groups is 1. The molecule has 1 aromatic heterocycles. The highest BCUT2D eigenvalue weighted by Gasteiger charge is 2.18. The predicted molar refractivity (Wildman–Crippen MR) is 57.2 cm³/mol. The maximum Gasteiger partial charge on any atom is 0.167 e. The molecule has 0 aromatic carbocycles. The number of aliphatic hydroxyl groups is 1. The third-order valence-corrected chi connectivity index (χ3v) is 4.15. The molecule has 0 aliphatic heterocycles. The normalized spacial score (nSPS) is 17.0. The van der Waals surface area contributed by atoms with E-state index in [4.69, 9.17) is 5.11 Å². The maximum atomic E-state index is 9.00. The fourth-order valence-electron chi connectivity index (χ4n) is 1.56. The predicted octanol–water partition coefficient (Wildman–Crippen LogP) is 1.80. The summed E-state index contributed by atoms with van der Waals surface area (Å²) in [4.78, 5) is 4.28. The molecule has 0 amide bonds. The highest BCUT2D eigenvalue weighted by atomic mass is 32.2. The van der Waals surface area contributed by atoms with Gasteiger partial charge in [-0.3, -0.25) is 0 Å². The minimum absolute atomic E-state index is 0.0769. The van der Waals surface area contributed by atoms with Crippen molar-refractivity contribution in [3.8, 4) is 0 Å². The summed E-state index contributed by atoms with van der Waals surface area (Å²) in [5.74, 6) is 2.07. The molecule has 1 fully saturated rings. The molecule has 78 valence electrons. The van der Waals surface area contributed by atoms with E-state index in [-0.39, 0.29) is 6.61 Å². The summed E-state index contributed by atoms with van der Waals surface area (Å²) in [7, 11) is 1.96. The van der Waals surface area contributed by atoms with Gasteiger partial charge in [-0.05, 0) is 18.8 Å². The molecule has 0 radical (unpaired) electrons. The average molecular weight is 212 g/mol. The van der Waals surface area contributed by atoms with Crippen LogP contribution < -0.4 is 0 Å². The maximum absolute atomic E-state index is 9.00. The van der Waals surface area contributed by atoms with Crippen LogP contribution in [0, 0.1) is 5.92 Å². The van der Waals surface area contributed by atoms with Crippen LogP contribution in [0.3, 0.4) is 0 Å². The Hall–Kier alpha value is -0.480. The molecule has 0 saturated heterocycles. The second-order valence-corrected chi connectivity index (χ2v) is 4.84. The molecular formula is C10H16N2OS. The van der Waals surface area contributed by atoms with Crippen molar-refractivity contribution in [1.29, 1.82) is 0 Å². The molecule has 2 rings (SSSR count). The Kier molecular flexibility index (Phi) is 3.13. The molecule has 0 unspecified atom stereocenters. The summed E-state index contributed by atoms with van der Waals surface area (Å²) in [6.45, 7) is 0.0769. The van der Waals surface area contributed by atoms with E-state index in [1.165, 1.54) is 25.0 Å². The summed E-state index contributed by atoms with van der Waals surface area (Å²) in [5.41, 5.74) is 0.890. The van der Waals surface area contributed by atoms with Crippen LogP contribution in [0.1, 0.15) is 25.0 Å². The molecule has 14 heavy (non-hydrogen) atoms. The van der Waals surface area contributed by atoms with E-state index in [2.05, 4.69) is 4.98 Å². The summed E-state index contributed by atoms with van der Waals surface area (Å²) in [6, 6.07) is 0. The van der Waals surface area contributed by atoms with Gasteiger partial charge in [0.25, 0.3) is 0 Å². The molecule has 1 aromatic rings. The Labute approximate surface area is 88.5 Å². The summed E-state index contributed by atoms with van der Waals surface area (Å²) < 4.78 is 1.98. The van der Waals surface area contributed by atoms with Crippen LogP contribution in [-0.4, -0.2) is 20.4 Å². The Balaban J connectivity index is 1.91. The molecule has 1 saturated carbocycles. The van der Waals surface area contributed by atoms with Crippen molar-refractivity contribution in [1.82, 2.24) is 9.55 Å². The van der Waals surface area contributed by atoms with Crippen molar-refractivity contribution >= 4 is 11.8 Å². The van der Waals surface area contributed by atoms with Gasteiger partial charge < -0.3 is 9.67 Å². The van der Waals surface area contributed by atoms with Gasteiger partial charge >= 0.3 is 0 Å². The van der Waals surface area contributed by atoms with Gasteiger partial charge in [0.05, 0.1) is 18.5 Å². The molecular weight excluding hydrogens is 196 g/mol. The monoisotopic (exact) mass is 212 g/mol. The zero-order valence-electron chi connectivity index (χ0n) is 8.44. The number of hydrogen-bond donors (Lipinski definition) is 1. The third-order valence-electron chi connectivity index (χ3n) is 2.88. The standard InChI is InChI=1S/C10H16N2OS/c1-12-9(6-13)5-11-10(12)14-7-8-3-2-4-8/h5,8,13H,2-4,6-7H2,1H3. The van der Waals surface area contributed by atoms with Crippen molar-refractivity contribution < 1.29 is 5.11 Å². The van der Waals surface area contributed by atoms with Crippen molar-refractivity contribution in [2.24, 2.45) is 13.0 Å². The second kappa shape index (κ2) is 4.36. The van der Waals surface area contributed by atoms with Gasteiger partial charge in [0.1, 0.15) is 0 Å². The van der Waals surface area contributed by atoms with Gasteiger partial charge in [-0.2, -0.15) is 0 Å². The Morgan fingerprint density at radius 2 is 2.43 bits per heavy atom. The first-order chi connectivity index (χ1) is 6.81. The van der Waals surface area contributed by atoms with E-state index in [1.54, 1.807) is 6.20 Å². The highest BCUT2D eigenvalue weighted by Crippen LogP contribution is 2.32. The van der Waals surface area contributed by atoms with Gasteiger partial charge in [-0.15, -0.1) is 0 Å². The van der Waals surface area contributed by atoms with Crippen LogP contribution in [0.25, 0.3) is 0 Å². The first-order valence-corrected chi connectivity index (χ1v) is 6.04. The first kappa shape index (κ1) is 10.1. The first-order valence-electron chi connectivity index (χ1n) is 5.05. The minimum atomic E-state index is 0.0769. The van der Waals surface area contributed by atoms with E-state index in [9.17, 15) is 0 Å². The van der Waals surface area contributed by atoms with E-state index in [1.807, 2.05) is 23.4 Å². The van der Waals surface area contributed by atoms with Crippen LogP contribution in [0.15, 0.2) is 11.4 Å². The topological polar surface area (TPSA) is 38.0 Å². The fraction of sp³-hybridized carbons (Fsp3) is 0.700. The SMILES string of the molecule is Cn1c(CO)cnc1SCC1CCC1. The zero-order chi connectivity index (χ0) is 9.97. The highest BCUT2D eigenvalue weighted by molar-refractivity contribution is 7.99. The number of imidazole rings is 1. The van der Waals surface area contributed by atoms with Crippen LogP contribution in [-0.2, 0) is 13.7 Å². The molecule has 1 N–H and O–H groups in total. The Bertz CT molecular complexity index is 307. The lowest BCUT2D eigenvalue weighted by Gasteiger charge is -2.24. The molecule has 3 nitrogen and oxygen atoms in total. The smallest absolute Gasteiger partial charge is 0.167 e. The zero-order valence-corrected chi connectivity index (χ0v) is 9.26. The van der Waals surface area contributed by atoms with Gasteiger partial charge in [-0.1, -0.05) is 18.2 Å². The van der Waals surface area contributed by atoms with Crippen molar-refractivity contribution in [3.05, 3.63) is 11.9 Å². The number of aliphatic hydroxyl groups excluding tert-OH is 1. The number of aromatic nitrogens is 2. The average Bonchev–Trinajstić information content (AvgIpc) is 2.45. The summed E-state index contributed by atoms with van der Waals surface area (Å²) >= 11 is 1.81. The fourth-order valence-corrected chi connectivity index (χ4v) is 2.71. The van der Waals surface area contributed by atoms with Crippen molar-refractivity contribution in [3.63, 3.8) is 0 Å². The lowest BCUT2D eigenvalue weighted by Crippen LogP contribution is -2.13. The Morgan fingerprint density at radius 3 is 2.93 bits per heavy atom. The molecule has 1 aliphatic carbocycles.